The van der Waals surface area contributed by atoms with Gasteiger partial charge in [0.05, 0.1) is 12.0 Å². The van der Waals surface area contributed by atoms with Crippen LogP contribution in [0.3, 0.4) is 0 Å². The lowest BCUT2D eigenvalue weighted by atomic mass is 10.00. The number of amides is 1. The van der Waals surface area contributed by atoms with E-state index in [4.69, 9.17) is 4.42 Å². The summed E-state index contributed by atoms with van der Waals surface area (Å²) >= 11 is 0. The van der Waals surface area contributed by atoms with Gasteiger partial charge in [0.25, 0.3) is 5.91 Å². The summed E-state index contributed by atoms with van der Waals surface area (Å²) in [4.78, 5) is 15.1. The summed E-state index contributed by atoms with van der Waals surface area (Å²) in [5, 5.41) is 4.63. The monoisotopic (exact) mass is 335 g/mol. The molecular formula is C20H21N3O2. The molecule has 1 atom stereocenters. The molecule has 2 aromatic heterocycles. The van der Waals surface area contributed by atoms with Crippen LogP contribution in [0.5, 0.6) is 0 Å². The minimum absolute atomic E-state index is 0.0284. The number of carbonyl (C=O) groups is 1. The summed E-state index contributed by atoms with van der Waals surface area (Å²) in [5.41, 5.74) is 2.11. The van der Waals surface area contributed by atoms with Crippen LogP contribution in [0.2, 0.25) is 0 Å². The van der Waals surface area contributed by atoms with E-state index < -0.39 is 0 Å². The second kappa shape index (κ2) is 6.59. The van der Waals surface area contributed by atoms with Crippen LogP contribution in [0.4, 0.5) is 0 Å². The number of nitrogens with zero attached hydrogens (tertiary/aromatic N) is 3. The Morgan fingerprint density at radius 1 is 1.20 bits per heavy atom. The summed E-state index contributed by atoms with van der Waals surface area (Å²) in [6, 6.07) is 15.3. The van der Waals surface area contributed by atoms with Crippen LogP contribution in [0.1, 0.15) is 30.3 Å². The Morgan fingerprint density at radius 3 is 2.76 bits per heavy atom. The SMILES string of the molecule is CC1CCCN(C(=O)c2cc(-c3ccco3)nn2-c2ccccc2)C1. The van der Waals surface area contributed by atoms with Crippen molar-refractivity contribution in [3.63, 3.8) is 0 Å². The van der Waals surface area contributed by atoms with Gasteiger partial charge in [-0.3, -0.25) is 4.79 Å². The van der Waals surface area contributed by atoms with Gasteiger partial charge >= 0.3 is 0 Å². The van der Waals surface area contributed by atoms with Gasteiger partial charge in [-0.05, 0) is 43.0 Å². The molecule has 4 rings (SSSR count). The Kier molecular flexibility index (Phi) is 4.14. The second-order valence-electron chi connectivity index (χ2n) is 6.64. The Balaban J connectivity index is 1.76. The maximum Gasteiger partial charge on any atom is 0.272 e. The summed E-state index contributed by atoms with van der Waals surface area (Å²) in [7, 11) is 0. The highest BCUT2D eigenvalue weighted by Gasteiger charge is 2.26. The van der Waals surface area contributed by atoms with E-state index >= 15 is 0 Å². The highest BCUT2D eigenvalue weighted by Crippen LogP contribution is 2.25. The van der Waals surface area contributed by atoms with Gasteiger partial charge < -0.3 is 9.32 Å². The number of para-hydroxylation sites is 1. The molecule has 5 heteroatoms. The van der Waals surface area contributed by atoms with Gasteiger partial charge in [0, 0.05) is 19.2 Å². The average molecular weight is 335 g/mol. The van der Waals surface area contributed by atoms with Crippen molar-refractivity contribution in [2.75, 3.05) is 13.1 Å². The fourth-order valence-electron chi connectivity index (χ4n) is 3.38. The quantitative estimate of drug-likeness (QED) is 0.727. The lowest BCUT2D eigenvalue weighted by Gasteiger charge is -2.30. The van der Waals surface area contributed by atoms with E-state index in [-0.39, 0.29) is 5.91 Å². The Morgan fingerprint density at radius 2 is 2.04 bits per heavy atom. The smallest absolute Gasteiger partial charge is 0.272 e. The second-order valence-corrected chi connectivity index (χ2v) is 6.64. The number of piperidine rings is 1. The lowest BCUT2D eigenvalue weighted by molar-refractivity contribution is 0.0674. The minimum atomic E-state index is 0.0284. The van der Waals surface area contributed by atoms with E-state index in [0.717, 1.165) is 25.2 Å². The van der Waals surface area contributed by atoms with Gasteiger partial charge in [0.15, 0.2) is 5.76 Å². The van der Waals surface area contributed by atoms with Gasteiger partial charge in [-0.15, -0.1) is 0 Å². The number of aromatic nitrogens is 2. The van der Waals surface area contributed by atoms with E-state index in [1.165, 1.54) is 6.42 Å². The molecule has 25 heavy (non-hydrogen) atoms. The molecule has 5 nitrogen and oxygen atoms in total. The third-order valence-corrected chi connectivity index (χ3v) is 4.65. The molecule has 1 unspecified atom stereocenters. The number of carbonyl (C=O) groups excluding carboxylic acids is 1. The van der Waals surface area contributed by atoms with Crippen molar-refractivity contribution in [1.29, 1.82) is 0 Å². The topological polar surface area (TPSA) is 51.3 Å². The number of hydrogen-bond acceptors (Lipinski definition) is 3. The molecule has 0 radical (unpaired) electrons. The standard InChI is InChI=1S/C20H21N3O2/c1-15-7-5-11-22(14-15)20(24)18-13-17(19-10-6-12-25-19)21-23(18)16-8-3-2-4-9-16/h2-4,6,8-10,12-13,15H,5,7,11,14H2,1H3. The van der Waals surface area contributed by atoms with Crippen LogP contribution in [0.15, 0.2) is 59.2 Å². The molecule has 1 fully saturated rings. The van der Waals surface area contributed by atoms with Crippen LogP contribution < -0.4 is 0 Å². The molecular weight excluding hydrogens is 314 g/mol. The van der Waals surface area contributed by atoms with E-state index in [2.05, 4.69) is 12.0 Å². The molecule has 1 aliphatic rings. The van der Waals surface area contributed by atoms with E-state index in [9.17, 15) is 4.79 Å². The summed E-state index contributed by atoms with van der Waals surface area (Å²) in [5.74, 6) is 1.23. The first-order valence-corrected chi connectivity index (χ1v) is 8.71. The summed E-state index contributed by atoms with van der Waals surface area (Å²) in [6.07, 6.45) is 3.85. The van der Waals surface area contributed by atoms with Gasteiger partial charge in [-0.2, -0.15) is 5.10 Å². The third-order valence-electron chi connectivity index (χ3n) is 4.65. The van der Waals surface area contributed by atoms with Crippen molar-refractivity contribution in [2.45, 2.75) is 19.8 Å². The highest BCUT2D eigenvalue weighted by molar-refractivity contribution is 5.94. The Bertz CT molecular complexity index is 852. The zero-order chi connectivity index (χ0) is 17.2. The van der Waals surface area contributed by atoms with E-state index in [0.29, 0.717) is 23.1 Å². The zero-order valence-electron chi connectivity index (χ0n) is 14.3. The van der Waals surface area contributed by atoms with Crippen LogP contribution >= 0.6 is 0 Å². The molecule has 0 spiro atoms. The molecule has 1 amide bonds. The van der Waals surface area contributed by atoms with E-state index in [1.807, 2.05) is 53.4 Å². The molecule has 1 aromatic carbocycles. The summed E-state index contributed by atoms with van der Waals surface area (Å²) in [6.45, 7) is 3.80. The molecule has 0 N–H and O–H groups in total. The van der Waals surface area contributed by atoms with Gasteiger partial charge in [0.1, 0.15) is 11.4 Å². The van der Waals surface area contributed by atoms with Crippen molar-refractivity contribution in [1.82, 2.24) is 14.7 Å². The fraction of sp³-hybridized carbons (Fsp3) is 0.300. The molecule has 1 saturated heterocycles. The maximum absolute atomic E-state index is 13.2. The molecule has 1 aliphatic heterocycles. The zero-order valence-corrected chi connectivity index (χ0v) is 14.3. The van der Waals surface area contributed by atoms with Crippen LogP contribution in [-0.2, 0) is 0 Å². The molecule has 0 aliphatic carbocycles. The van der Waals surface area contributed by atoms with Crippen LogP contribution in [0.25, 0.3) is 17.1 Å². The molecule has 0 bridgehead atoms. The van der Waals surface area contributed by atoms with Crippen LogP contribution in [0, 0.1) is 5.92 Å². The predicted molar refractivity (Wildman–Crippen MR) is 95.6 cm³/mol. The molecule has 3 heterocycles. The number of likely N-dealkylation sites (tertiary alicyclic amines) is 1. The Hall–Kier alpha value is -2.82. The van der Waals surface area contributed by atoms with Crippen LogP contribution in [-0.4, -0.2) is 33.7 Å². The largest absolute Gasteiger partial charge is 0.463 e. The van der Waals surface area contributed by atoms with Crippen molar-refractivity contribution in [3.05, 3.63) is 60.5 Å². The van der Waals surface area contributed by atoms with Crippen molar-refractivity contribution >= 4 is 5.91 Å². The summed E-state index contributed by atoms with van der Waals surface area (Å²) < 4.78 is 7.19. The first-order valence-electron chi connectivity index (χ1n) is 8.71. The first kappa shape index (κ1) is 15.7. The fourth-order valence-corrected chi connectivity index (χ4v) is 3.38. The molecule has 3 aromatic rings. The number of rotatable bonds is 3. The molecule has 0 saturated carbocycles. The lowest BCUT2D eigenvalue weighted by Crippen LogP contribution is -2.39. The molecule has 128 valence electrons. The average Bonchev–Trinajstić information content (AvgIpc) is 3.31. The van der Waals surface area contributed by atoms with Crippen molar-refractivity contribution < 1.29 is 9.21 Å². The van der Waals surface area contributed by atoms with Gasteiger partial charge in [-0.1, -0.05) is 25.1 Å². The number of furan rings is 1. The third kappa shape index (κ3) is 3.09. The normalized spacial score (nSPS) is 17.6. The van der Waals surface area contributed by atoms with Gasteiger partial charge in [-0.25, -0.2) is 4.68 Å². The van der Waals surface area contributed by atoms with Crippen molar-refractivity contribution in [3.8, 4) is 17.1 Å². The Labute approximate surface area is 146 Å². The highest BCUT2D eigenvalue weighted by atomic mass is 16.3. The number of benzene rings is 1. The predicted octanol–water partition coefficient (Wildman–Crippen LogP) is 4.00. The first-order chi connectivity index (χ1) is 12.2. The minimum Gasteiger partial charge on any atom is -0.463 e. The van der Waals surface area contributed by atoms with E-state index in [1.54, 1.807) is 10.9 Å². The maximum atomic E-state index is 13.2. The van der Waals surface area contributed by atoms with Crippen molar-refractivity contribution in [2.24, 2.45) is 5.92 Å². The number of hydrogen-bond donors (Lipinski definition) is 0. The van der Waals surface area contributed by atoms with Gasteiger partial charge in [0.2, 0.25) is 0 Å².